The molecule has 4 rings (SSSR count). The Morgan fingerprint density at radius 1 is 0.871 bits per heavy atom. The molecule has 0 spiro atoms. The van der Waals surface area contributed by atoms with Gasteiger partial charge in [-0.25, -0.2) is 0 Å². The first kappa shape index (κ1) is 20.5. The van der Waals surface area contributed by atoms with Gasteiger partial charge >= 0.3 is 0 Å². The van der Waals surface area contributed by atoms with Crippen molar-refractivity contribution in [2.75, 3.05) is 30.6 Å². The Kier molecular flexibility index (Phi) is 5.62. The quantitative estimate of drug-likeness (QED) is 0.627. The largest absolute Gasteiger partial charge is 0.497 e. The van der Waals surface area contributed by atoms with E-state index in [4.69, 9.17) is 9.47 Å². The van der Waals surface area contributed by atoms with E-state index in [1.807, 2.05) is 61.5 Å². The lowest BCUT2D eigenvalue weighted by atomic mass is 9.98. The van der Waals surface area contributed by atoms with Gasteiger partial charge in [0.05, 0.1) is 19.9 Å². The number of benzene rings is 3. The molecule has 6 nitrogen and oxygen atoms in total. The maximum atomic E-state index is 13.8. The number of ether oxygens (including phenoxy) is 2. The first-order valence-corrected chi connectivity index (χ1v) is 10.0. The zero-order valence-electron chi connectivity index (χ0n) is 17.7. The topological polar surface area (TPSA) is 59.1 Å². The van der Waals surface area contributed by atoms with E-state index in [-0.39, 0.29) is 18.4 Å². The molecule has 1 unspecified atom stereocenters. The standard InChI is InChI=1S/C25H24N2O4/c1-17-9-11-18(12-10-17)24-25(29)26(21-14-13-20(30-2)15-22(21)31-3)16-23(28)27(24)19-7-5-4-6-8-19/h4-15,24H,16H2,1-3H3. The van der Waals surface area contributed by atoms with Crippen LogP contribution >= 0.6 is 0 Å². The molecule has 3 aromatic carbocycles. The van der Waals surface area contributed by atoms with E-state index in [0.29, 0.717) is 22.9 Å². The molecular weight excluding hydrogens is 392 g/mol. The Bertz CT molecular complexity index is 1100. The molecule has 0 aromatic heterocycles. The summed E-state index contributed by atoms with van der Waals surface area (Å²) in [5.74, 6) is 0.707. The predicted molar refractivity (Wildman–Crippen MR) is 120 cm³/mol. The number of methoxy groups -OCH3 is 2. The molecule has 1 atom stereocenters. The van der Waals surface area contributed by atoms with Crippen LogP contribution in [0.15, 0.2) is 72.8 Å². The Labute approximate surface area is 181 Å². The van der Waals surface area contributed by atoms with Gasteiger partial charge in [0.2, 0.25) is 5.91 Å². The molecule has 1 fully saturated rings. The van der Waals surface area contributed by atoms with Gasteiger partial charge in [-0.15, -0.1) is 0 Å². The van der Waals surface area contributed by atoms with Crippen LogP contribution in [0.3, 0.4) is 0 Å². The first-order valence-electron chi connectivity index (χ1n) is 10.0. The molecule has 1 saturated heterocycles. The summed E-state index contributed by atoms with van der Waals surface area (Å²) in [6.45, 7) is 1.90. The summed E-state index contributed by atoms with van der Waals surface area (Å²) >= 11 is 0. The Hall–Kier alpha value is -3.80. The number of anilines is 2. The van der Waals surface area contributed by atoms with Crippen molar-refractivity contribution in [2.45, 2.75) is 13.0 Å². The molecule has 0 saturated carbocycles. The average molecular weight is 416 g/mol. The molecule has 6 heteroatoms. The van der Waals surface area contributed by atoms with E-state index in [1.165, 1.54) is 12.0 Å². The Morgan fingerprint density at radius 2 is 1.58 bits per heavy atom. The van der Waals surface area contributed by atoms with E-state index in [9.17, 15) is 9.59 Å². The lowest BCUT2D eigenvalue weighted by Crippen LogP contribution is -2.56. The third-order valence-corrected chi connectivity index (χ3v) is 5.43. The molecule has 0 radical (unpaired) electrons. The van der Waals surface area contributed by atoms with Gasteiger partial charge in [0.1, 0.15) is 24.1 Å². The van der Waals surface area contributed by atoms with Crippen molar-refractivity contribution in [3.63, 3.8) is 0 Å². The fourth-order valence-electron chi connectivity index (χ4n) is 3.83. The fourth-order valence-corrected chi connectivity index (χ4v) is 3.83. The zero-order chi connectivity index (χ0) is 22.0. The minimum Gasteiger partial charge on any atom is -0.497 e. The third kappa shape index (κ3) is 3.84. The van der Waals surface area contributed by atoms with Crippen LogP contribution < -0.4 is 19.3 Å². The highest BCUT2D eigenvalue weighted by molar-refractivity contribution is 6.15. The van der Waals surface area contributed by atoms with Gasteiger partial charge in [-0.3, -0.25) is 19.4 Å². The monoisotopic (exact) mass is 416 g/mol. The highest BCUT2D eigenvalue weighted by Gasteiger charge is 2.42. The molecule has 0 bridgehead atoms. The van der Waals surface area contributed by atoms with Gasteiger partial charge in [0.15, 0.2) is 0 Å². The summed E-state index contributed by atoms with van der Waals surface area (Å²) in [6.07, 6.45) is 0. The van der Waals surface area contributed by atoms with E-state index >= 15 is 0 Å². The van der Waals surface area contributed by atoms with Gasteiger partial charge in [0, 0.05) is 11.8 Å². The molecule has 0 aliphatic carbocycles. The fraction of sp³-hybridized carbons (Fsp3) is 0.200. The van der Waals surface area contributed by atoms with Crippen LogP contribution in [0.2, 0.25) is 0 Å². The zero-order valence-corrected chi connectivity index (χ0v) is 17.7. The van der Waals surface area contributed by atoms with Gasteiger partial charge in [-0.05, 0) is 36.8 Å². The number of amides is 2. The number of piperazine rings is 1. The van der Waals surface area contributed by atoms with Crippen LogP contribution in [0.25, 0.3) is 0 Å². The summed E-state index contributed by atoms with van der Waals surface area (Å²) in [5.41, 5.74) is 3.06. The van der Waals surface area contributed by atoms with Crippen LogP contribution in [0, 0.1) is 6.92 Å². The van der Waals surface area contributed by atoms with Crippen molar-refractivity contribution >= 4 is 23.2 Å². The van der Waals surface area contributed by atoms with Crippen LogP contribution in [-0.4, -0.2) is 32.6 Å². The summed E-state index contributed by atoms with van der Waals surface area (Å²) in [5, 5.41) is 0. The molecule has 158 valence electrons. The number of nitrogens with zero attached hydrogens (tertiary/aromatic N) is 2. The van der Waals surface area contributed by atoms with Crippen molar-refractivity contribution in [3.8, 4) is 11.5 Å². The van der Waals surface area contributed by atoms with Crippen molar-refractivity contribution in [2.24, 2.45) is 0 Å². The maximum absolute atomic E-state index is 13.8. The van der Waals surface area contributed by atoms with E-state index in [0.717, 1.165) is 11.1 Å². The maximum Gasteiger partial charge on any atom is 0.255 e. The van der Waals surface area contributed by atoms with Crippen LogP contribution in [-0.2, 0) is 9.59 Å². The predicted octanol–water partition coefficient (Wildman–Crippen LogP) is 4.13. The molecular formula is C25H24N2O4. The third-order valence-electron chi connectivity index (χ3n) is 5.43. The molecule has 1 heterocycles. The first-order chi connectivity index (χ1) is 15.0. The number of rotatable bonds is 5. The van der Waals surface area contributed by atoms with Crippen molar-refractivity contribution in [1.82, 2.24) is 0 Å². The number of carbonyl (C=O) groups is 2. The summed E-state index contributed by atoms with van der Waals surface area (Å²) < 4.78 is 10.8. The molecule has 3 aromatic rings. The van der Waals surface area contributed by atoms with Gasteiger partial charge in [0.25, 0.3) is 5.91 Å². The van der Waals surface area contributed by atoms with Crippen LogP contribution in [0.5, 0.6) is 11.5 Å². The highest BCUT2D eigenvalue weighted by Crippen LogP contribution is 2.38. The lowest BCUT2D eigenvalue weighted by molar-refractivity contribution is -0.128. The molecule has 31 heavy (non-hydrogen) atoms. The van der Waals surface area contributed by atoms with Crippen molar-refractivity contribution in [1.29, 1.82) is 0 Å². The van der Waals surface area contributed by atoms with Gasteiger partial charge in [-0.2, -0.15) is 0 Å². The number of hydrogen-bond acceptors (Lipinski definition) is 4. The second kappa shape index (κ2) is 8.52. The summed E-state index contributed by atoms with van der Waals surface area (Å²) in [4.78, 5) is 30.2. The van der Waals surface area contributed by atoms with E-state index in [2.05, 4.69) is 0 Å². The van der Waals surface area contributed by atoms with E-state index < -0.39 is 6.04 Å². The minimum atomic E-state index is -0.781. The van der Waals surface area contributed by atoms with E-state index in [1.54, 1.807) is 30.2 Å². The normalized spacial score (nSPS) is 16.4. The second-order valence-corrected chi connectivity index (χ2v) is 7.37. The molecule has 1 aliphatic rings. The average Bonchev–Trinajstić information content (AvgIpc) is 2.81. The summed E-state index contributed by atoms with van der Waals surface area (Å²) in [6, 6.07) is 21.4. The van der Waals surface area contributed by atoms with Gasteiger partial charge in [-0.1, -0.05) is 48.0 Å². The summed E-state index contributed by atoms with van der Waals surface area (Å²) in [7, 11) is 3.09. The van der Waals surface area contributed by atoms with Crippen LogP contribution in [0.1, 0.15) is 17.2 Å². The Morgan fingerprint density at radius 3 is 2.23 bits per heavy atom. The minimum absolute atomic E-state index is 0.0845. The Balaban J connectivity index is 1.82. The molecule has 1 aliphatic heterocycles. The second-order valence-electron chi connectivity index (χ2n) is 7.37. The van der Waals surface area contributed by atoms with Crippen molar-refractivity contribution < 1.29 is 19.1 Å². The lowest BCUT2D eigenvalue weighted by Gasteiger charge is -2.40. The molecule has 0 N–H and O–H groups in total. The number of hydrogen-bond donors (Lipinski definition) is 0. The highest BCUT2D eigenvalue weighted by atomic mass is 16.5. The molecule has 2 amide bonds. The van der Waals surface area contributed by atoms with Crippen molar-refractivity contribution in [3.05, 3.63) is 83.9 Å². The van der Waals surface area contributed by atoms with Crippen LogP contribution in [0.4, 0.5) is 11.4 Å². The number of para-hydroxylation sites is 1. The number of aryl methyl sites for hydroxylation is 1. The smallest absolute Gasteiger partial charge is 0.255 e. The van der Waals surface area contributed by atoms with Gasteiger partial charge < -0.3 is 9.47 Å². The number of carbonyl (C=O) groups excluding carboxylic acids is 2. The SMILES string of the molecule is COc1ccc(N2CC(=O)N(c3ccccc3)C(c3ccc(C)cc3)C2=O)c(OC)c1.